The molecule has 3 heterocycles. The number of nitrogens with one attached hydrogen (secondary N) is 6. The van der Waals surface area contributed by atoms with Gasteiger partial charge < -0.3 is 46.1 Å². The molecule has 1 saturated heterocycles. The summed E-state index contributed by atoms with van der Waals surface area (Å²) in [5.74, 6) is -5.91. The van der Waals surface area contributed by atoms with Crippen LogP contribution in [0.1, 0.15) is 46.0 Å². The first-order chi connectivity index (χ1) is 37.5. The van der Waals surface area contributed by atoms with Crippen molar-refractivity contribution in [1.29, 1.82) is 0 Å². The minimum atomic E-state index is -4.25. The minimum absolute atomic E-state index is 0. The number of carboxylic acids is 3. The van der Waals surface area contributed by atoms with Gasteiger partial charge in [0.05, 0.1) is 48.4 Å². The van der Waals surface area contributed by atoms with E-state index in [4.69, 9.17) is 5.26 Å². The fourth-order valence-corrected chi connectivity index (χ4v) is 11.1. The van der Waals surface area contributed by atoms with Crippen molar-refractivity contribution in [2.24, 2.45) is 0 Å². The molecule has 31 heteroatoms. The van der Waals surface area contributed by atoms with E-state index in [1.165, 1.54) is 13.1 Å². The molecule has 3 amide bonds. The molecule has 28 nitrogen and oxygen atoms in total. The normalized spacial score (nSPS) is 15.1. The predicted octanol–water partition coefficient (Wildman–Crippen LogP) is -0.539. The van der Waals surface area contributed by atoms with Crippen molar-refractivity contribution >= 4 is 80.3 Å². The molecule has 1 radical (unpaired) electrons. The van der Waals surface area contributed by atoms with Crippen LogP contribution in [0, 0.1) is 20.8 Å². The minimum Gasteiger partial charge on any atom is -0.480 e. The number of aromatic nitrogens is 3. The third-order valence-electron chi connectivity index (χ3n) is 12.7. The van der Waals surface area contributed by atoms with Crippen molar-refractivity contribution in [3.8, 4) is 0 Å². The largest absolute Gasteiger partial charge is 0.480 e. The number of carbonyl (C=O) groups is 7. The SMILES string of the molecule is CC(=O)[C@H](CNC(=O)c1cn(CCCNC(=O)[C@H](CSOOO)NC(=O)CN2CCN(CC(=O)O)CCN(CC(=O)O)CCN(CC(=O)O)CC2)c2cc(CNc3ncc[nH]3)ccc2c1=O)NS(=O)(=O)c1c(C)cc(C)cc1C.[Y]. The van der Waals surface area contributed by atoms with Gasteiger partial charge >= 0.3 is 17.9 Å². The molecule has 1 aliphatic rings. The summed E-state index contributed by atoms with van der Waals surface area (Å²) in [4.78, 5) is 117. The summed E-state index contributed by atoms with van der Waals surface area (Å²) in [6.45, 7) is 5.98. The first-order valence-corrected chi connectivity index (χ1v) is 27.4. The Labute approximate surface area is 490 Å². The number of carboxylic acid groups (broad SMARTS) is 3. The number of pyridine rings is 1. The van der Waals surface area contributed by atoms with Crippen LogP contribution in [0.2, 0.25) is 0 Å². The van der Waals surface area contributed by atoms with Gasteiger partial charge in [-0.15, -0.1) is 4.33 Å². The third-order valence-corrected chi connectivity index (χ3v) is 15.1. The number of carbonyl (C=O) groups excluding carboxylic acids is 4. The zero-order valence-electron chi connectivity index (χ0n) is 44.8. The molecule has 0 saturated carbocycles. The van der Waals surface area contributed by atoms with Crippen molar-refractivity contribution in [1.82, 2.24) is 54.8 Å². The molecular formula is C49H68N12O16S2Y. The molecule has 10 N–H and O–H groups in total. The van der Waals surface area contributed by atoms with E-state index < -0.39 is 75.5 Å². The van der Waals surface area contributed by atoms with Crippen LogP contribution in [-0.2, 0) is 94.0 Å². The van der Waals surface area contributed by atoms with Crippen molar-refractivity contribution in [3.63, 3.8) is 0 Å². The Morgan fingerprint density at radius 3 is 1.88 bits per heavy atom. The average Bonchev–Trinajstić information content (AvgIpc) is 3.90. The second-order valence-electron chi connectivity index (χ2n) is 18.9. The van der Waals surface area contributed by atoms with Crippen molar-refractivity contribution in [2.75, 3.05) is 103 Å². The molecule has 0 spiro atoms. The first-order valence-electron chi connectivity index (χ1n) is 25.0. The van der Waals surface area contributed by atoms with Crippen LogP contribution in [-0.4, -0.2) is 214 Å². The molecule has 1 fully saturated rings. The van der Waals surface area contributed by atoms with Crippen LogP contribution >= 0.6 is 12.0 Å². The van der Waals surface area contributed by atoms with Gasteiger partial charge in [-0.3, -0.25) is 58.0 Å². The Balaban J connectivity index is 0.0000138. The number of aliphatic carboxylic acids is 3. The predicted molar refractivity (Wildman–Crippen MR) is 287 cm³/mol. The van der Waals surface area contributed by atoms with Gasteiger partial charge in [0.15, 0.2) is 5.95 Å². The summed E-state index contributed by atoms with van der Waals surface area (Å²) < 4.78 is 35.7. The monoisotopic (exact) mass is 1230 g/mol. The number of aromatic amines is 1. The number of anilines is 1. The van der Waals surface area contributed by atoms with Crippen LogP contribution in [0.4, 0.5) is 5.95 Å². The molecule has 2 atom stereocenters. The number of aryl methyl sites for hydroxylation is 4. The standard InChI is InChI=1S/C49H68N12O16S2.Y/c1-31-20-32(2)46(33(3)21-31)79(74,75)56-38(34(4)62)24-53-47(71)37-25-61(40-22-35(6-7-36(40)45(37)70)23-54-49-51-9-10-52-49)11-5-8-50-48(72)39(30-78-77-76-73)55-41(63)26-57-12-14-58(27-42(64)65)16-18-60(29-44(68)69)19-17-59(15-13-57)28-43(66)67;/h6-7,9-10,20-22,25,38-39,56,73H,5,8,11-19,23-24,26-30H2,1-4H3,(H,50,72)(H,53,71)(H,55,63)(H,64,65)(H,66,67)(H,68,69)(H2,51,52,54);/t38-,39-;/m0./s1. The number of fused-ring (bicyclic) bond motifs is 1. The second-order valence-corrected chi connectivity index (χ2v) is 21.3. The Kier molecular flexibility index (Phi) is 27.2. The molecule has 2 aromatic carbocycles. The average molecular weight is 1230 g/mol. The Morgan fingerprint density at radius 1 is 0.800 bits per heavy atom. The number of hydrogen-bond acceptors (Lipinski definition) is 20. The van der Waals surface area contributed by atoms with Crippen LogP contribution in [0.5, 0.6) is 0 Å². The molecule has 0 unspecified atom stereocenters. The third kappa shape index (κ3) is 21.3. The summed E-state index contributed by atoms with van der Waals surface area (Å²) in [5.41, 5.74) is 1.97. The summed E-state index contributed by atoms with van der Waals surface area (Å²) in [6, 6.07) is 5.72. The van der Waals surface area contributed by atoms with Gasteiger partial charge in [-0.1, -0.05) is 28.8 Å². The number of imidazole rings is 1. The second kappa shape index (κ2) is 32.6. The van der Waals surface area contributed by atoms with Crippen molar-refractivity contribution in [2.45, 2.75) is 64.2 Å². The zero-order valence-corrected chi connectivity index (χ0v) is 49.2. The molecule has 2 aromatic heterocycles. The molecule has 5 rings (SSSR count). The van der Waals surface area contributed by atoms with E-state index in [2.05, 4.69) is 45.3 Å². The van der Waals surface area contributed by atoms with E-state index in [1.807, 2.05) is 6.92 Å². The van der Waals surface area contributed by atoms with Gasteiger partial charge in [0, 0.05) is 147 Å². The summed E-state index contributed by atoms with van der Waals surface area (Å²) >= 11 is 0.505. The van der Waals surface area contributed by atoms with E-state index in [0.29, 0.717) is 34.6 Å². The van der Waals surface area contributed by atoms with Gasteiger partial charge in [-0.2, -0.15) is 4.72 Å². The zero-order chi connectivity index (χ0) is 57.8. The number of hydrogen-bond donors (Lipinski definition) is 10. The van der Waals surface area contributed by atoms with Crippen molar-refractivity contribution in [3.05, 3.63) is 87.0 Å². The van der Waals surface area contributed by atoms with Gasteiger partial charge in [0.1, 0.15) is 17.4 Å². The van der Waals surface area contributed by atoms with Crippen molar-refractivity contribution < 1.29 is 105 Å². The number of sulfonamides is 1. The number of amides is 3. The van der Waals surface area contributed by atoms with E-state index in [1.54, 1.807) is 80.7 Å². The van der Waals surface area contributed by atoms with E-state index in [0.717, 1.165) is 11.1 Å². The Morgan fingerprint density at radius 2 is 1.36 bits per heavy atom. The van der Waals surface area contributed by atoms with E-state index in [-0.39, 0.29) is 159 Å². The maximum absolute atomic E-state index is 14.0. The first kappa shape index (κ1) is 66.7. The smallest absolute Gasteiger partial charge is 0.317 e. The maximum atomic E-state index is 14.0. The molecule has 1 aliphatic heterocycles. The maximum Gasteiger partial charge on any atom is 0.317 e. The number of H-pyrrole nitrogens is 1. The fourth-order valence-electron chi connectivity index (χ4n) is 8.95. The Bertz CT molecular complexity index is 2920. The number of nitrogens with zero attached hydrogens (tertiary/aromatic N) is 6. The van der Waals surface area contributed by atoms with Gasteiger partial charge in [-0.05, 0) is 62.9 Å². The van der Waals surface area contributed by atoms with Gasteiger partial charge in [0.25, 0.3) is 5.91 Å². The van der Waals surface area contributed by atoms with Crippen LogP contribution in [0.3, 0.4) is 0 Å². The van der Waals surface area contributed by atoms with Gasteiger partial charge in [-0.25, -0.2) is 18.7 Å². The number of benzene rings is 2. The molecule has 435 valence electrons. The number of Topliss-reactive ketones (excluding diaryl/α,β-unsaturated/α-hetero) is 1. The fraction of sp³-hybridized carbons (Fsp3) is 0.490. The molecular weight excluding hydrogens is 1170 g/mol. The molecule has 0 aliphatic carbocycles. The molecule has 0 bridgehead atoms. The topological polar surface area (TPSA) is 377 Å². The number of rotatable bonds is 28. The van der Waals surface area contributed by atoms with Gasteiger partial charge in [0.2, 0.25) is 27.3 Å². The summed E-state index contributed by atoms with van der Waals surface area (Å²) in [6.07, 6.45) is 4.73. The summed E-state index contributed by atoms with van der Waals surface area (Å²) in [7, 11) is -4.25. The Hall–Kier alpha value is -5.77. The quantitative estimate of drug-likeness (QED) is 0.0148. The van der Waals surface area contributed by atoms with Crippen LogP contribution < -0.4 is 31.4 Å². The van der Waals surface area contributed by atoms with Crippen LogP contribution in [0.15, 0.2) is 58.6 Å². The number of ketones is 1. The van der Waals surface area contributed by atoms with E-state index in [9.17, 15) is 62.1 Å². The molecule has 4 aromatic rings. The van der Waals surface area contributed by atoms with E-state index >= 15 is 0 Å². The van der Waals surface area contributed by atoms with Crippen LogP contribution in [0.25, 0.3) is 10.9 Å². The molecule has 80 heavy (non-hydrogen) atoms. The summed E-state index contributed by atoms with van der Waals surface area (Å²) in [5, 5.41) is 52.4.